The first-order valence-corrected chi connectivity index (χ1v) is 13.3. The van der Waals surface area contributed by atoms with Gasteiger partial charge < -0.3 is 9.47 Å². The second-order valence-corrected chi connectivity index (χ2v) is 10.2. The van der Waals surface area contributed by atoms with Gasteiger partial charge in [-0.1, -0.05) is 44.6 Å². The molecule has 0 N–H and O–H groups in total. The highest BCUT2D eigenvalue weighted by molar-refractivity contribution is 5.45. The summed E-state index contributed by atoms with van der Waals surface area (Å²) in [7, 11) is 3.38. The number of methoxy groups -OCH3 is 2. The first kappa shape index (κ1) is 23.5. The molecule has 0 unspecified atom stereocenters. The van der Waals surface area contributed by atoms with Crippen LogP contribution < -0.4 is 9.47 Å². The molecule has 8 nitrogen and oxygen atoms in total. The third-order valence-electron chi connectivity index (χ3n) is 8.21. The van der Waals surface area contributed by atoms with Crippen LogP contribution in [0.15, 0.2) is 18.2 Å². The zero-order valence-electron chi connectivity index (χ0n) is 20.9. The molecule has 0 radical (unpaired) electrons. The van der Waals surface area contributed by atoms with E-state index in [1.165, 1.54) is 51.4 Å². The van der Waals surface area contributed by atoms with Crippen molar-refractivity contribution in [2.24, 2.45) is 0 Å². The molecule has 2 aliphatic carbocycles. The fourth-order valence-corrected chi connectivity index (χ4v) is 6.32. The van der Waals surface area contributed by atoms with E-state index in [1.54, 1.807) is 14.2 Å². The second-order valence-electron chi connectivity index (χ2n) is 10.2. The van der Waals surface area contributed by atoms with Gasteiger partial charge in [0.25, 0.3) is 0 Å². The Balaban J connectivity index is 1.43. The van der Waals surface area contributed by atoms with Crippen molar-refractivity contribution < 1.29 is 9.47 Å². The molecule has 186 valence electrons. The molecule has 34 heavy (non-hydrogen) atoms. The molecular formula is C26H40N6O2. The number of hydrogen-bond donors (Lipinski definition) is 0. The van der Waals surface area contributed by atoms with Crippen LogP contribution in [0.5, 0.6) is 11.5 Å². The zero-order chi connectivity index (χ0) is 23.3. The Morgan fingerprint density at radius 2 is 1.44 bits per heavy atom. The number of nitrogens with zero attached hydrogens (tertiary/aromatic N) is 6. The van der Waals surface area contributed by atoms with Crippen LogP contribution in [-0.4, -0.2) is 76.4 Å². The standard InChI is InChI=1S/C26H40N6O2/c1-33-23-14-13-20(19-24(23)34-2)25(26-27-28-29-32(26)22-11-7-4-8-12-22)31-17-15-30(16-18-31)21-9-5-3-6-10-21/h13-14,19,21-22,25H,3-12,15-18H2,1-2H3/t25-/m1/s1. The quantitative estimate of drug-likeness (QED) is 0.602. The molecule has 3 aliphatic rings. The molecule has 0 spiro atoms. The third-order valence-corrected chi connectivity index (χ3v) is 8.21. The summed E-state index contributed by atoms with van der Waals surface area (Å²) in [5, 5.41) is 13.3. The van der Waals surface area contributed by atoms with Crippen LogP contribution in [0.3, 0.4) is 0 Å². The number of piperazine rings is 1. The SMILES string of the molecule is COc1ccc([C@H](c2nnnn2C2CCCCC2)N2CCN(C3CCCCC3)CC2)cc1OC. The van der Waals surface area contributed by atoms with E-state index in [0.717, 1.165) is 67.9 Å². The normalized spacial score (nSPS) is 22.5. The molecule has 1 saturated heterocycles. The molecule has 0 amide bonds. The van der Waals surface area contributed by atoms with Crippen molar-refractivity contribution in [1.82, 2.24) is 30.0 Å². The number of rotatable bonds is 7. The molecular weight excluding hydrogens is 428 g/mol. The lowest BCUT2D eigenvalue weighted by atomic mass is 9.93. The van der Waals surface area contributed by atoms with E-state index in [2.05, 4.69) is 42.1 Å². The molecule has 2 saturated carbocycles. The van der Waals surface area contributed by atoms with E-state index in [1.807, 2.05) is 6.07 Å². The van der Waals surface area contributed by atoms with Crippen molar-refractivity contribution in [3.05, 3.63) is 29.6 Å². The minimum atomic E-state index is 0.00485. The molecule has 2 aromatic rings. The summed E-state index contributed by atoms with van der Waals surface area (Å²) in [6.45, 7) is 4.26. The molecule has 1 atom stereocenters. The maximum Gasteiger partial charge on any atom is 0.173 e. The van der Waals surface area contributed by atoms with Crippen molar-refractivity contribution in [2.75, 3.05) is 40.4 Å². The van der Waals surface area contributed by atoms with Crippen molar-refractivity contribution in [1.29, 1.82) is 0 Å². The molecule has 1 aliphatic heterocycles. The summed E-state index contributed by atoms with van der Waals surface area (Å²) in [6, 6.07) is 7.43. The maximum atomic E-state index is 5.66. The van der Waals surface area contributed by atoms with Crippen molar-refractivity contribution in [3.63, 3.8) is 0 Å². The molecule has 5 rings (SSSR count). The number of benzene rings is 1. The van der Waals surface area contributed by atoms with Crippen LogP contribution in [-0.2, 0) is 0 Å². The second kappa shape index (κ2) is 11.0. The maximum absolute atomic E-state index is 5.66. The smallest absolute Gasteiger partial charge is 0.173 e. The van der Waals surface area contributed by atoms with E-state index in [9.17, 15) is 0 Å². The van der Waals surface area contributed by atoms with Gasteiger partial charge in [0.2, 0.25) is 0 Å². The highest BCUT2D eigenvalue weighted by Crippen LogP contribution is 2.37. The van der Waals surface area contributed by atoms with Crippen molar-refractivity contribution in [3.8, 4) is 11.5 Å². The number of aromatic nitrogens is 4. The van der Waals surface area contributed by atoms with Gasteiger partial charge in [0.05, 0.1) is 26.3 Å². The van der Waals surface area contributed by atoms with E-state index in [4.69, 9.17) is 9.47 Å². The Hall–Kier alpha value is -2.19. The fraction of sp³-hybridized carbons (Fsp3) is 0.731. The molecule has 8 heteroatoms. The van der Waals surface area contributed by atoms with Gasteiger partial charge in [-0.05, 0) is 53.8 Å². The Kier molecular flexibility index (Phi) is 7.64. The van der Waals surface area contributed by atoms with Gasteiger partial charge in [-0.3, -0.25) is 9.80 Å². The summed E-state index contributed by atoms with van der Waals surface area (Å²) in [4.78, 5) is 5.30. The van der Waals surface area contributed by atoms with Crippen molar-refractivity contribution in [2.45, 2.75) is 82.3 Å². The lowest BCUT2D eigenvalue weighted by Gasteiger charge is -2.43. The Morgan fingerprint density at radius 1 is 0.794 bits per heavy atom. The van der Waals surface area contributed by atoms with E-state index >= 15 is 0 Å². The van der Waals surface area contributed by atoms with Crippen LogP contribution in [0.1, 0.15) is 87.7 Å². The van der Waals surface area contributed by atoms with Crippen molar-refractivity contribution >= 4 is 0 Å². The van der Waals surface area contributed by atoms with E-state index in [0.29, 0.717) is 6.04 Å². The minimum absolute atomic E-state index is 0.00485. The van der Waals surface area contributed by atoms with Crippen LogP contribution in [0.25, 0.3) is 0 Å². The Bertz CT molecular complexity index is 914. The molecule has 2 heterocycles. The summed E-state index contributed by atoms with van der Waals surface area (Å²) >= 11 is 0. The van der Waals surface area contributed by atoms with Crippen LogP contribution in [0, 0.1) is 0 Å². The third kappa shape index (κ3) is 4.93. The molecule has 0 bridgehead atoms. The summed E-state index contributed by atoms with van der Waals surface area (Å²) in [6.07, 6.45) is 13.0. The topological polar surface area (TPSA) is 68.5 Å². The summed E-state index contributed by atoms with van der Waals surface area (Å²) in [5.74, 6) is 2.46. The van der Waals surface area contributed by atoms with E-state index < -0.39 is 0 Å². The number of hydrogen-bond acceptors (Lipinski definition) is 7. The summed E-state index contributed by atoms with van der Waals surface area (Å²) in [5.41, 5.74) is 1.16. The monoisotopic (exact) mass is 468 g/mol. The van der Waals surface area contributed by atoms with Crippen LogP contribution in [0.4, 0.5) is 0 Å². The van der Waals surface area contributed by atoms with Gasteiger partial charge in [-0.25, -0.2) is 4.68 Å². The lowest BCUT2D eigenvalue weighted by molar-refractivity contribution is 0.0612. The first-order chi connectivity index (χ1) is 16.8. The van der Waals surface area contributed by atoms with Crippen LogP contribution >= 0.6 is 0 Å². The average Bonchev–Trinajstić information content (AvgIpc) is 3.39. The predicted molar refractivity (Wildman–Crippen MR) is 131 cm³/mol. The number of ether oxygens (including phenoxy) is 2. The molecule has 3 fully saturated rings. The summed E-state index contributed by atoms with van der Waals surface area (Å²) < 4.78 is 13.3. The lowest BCUT2D eigenvalue weighted by Crippen LogP contribution is -2.52. The van der Waals surface area contributed by atoms with E-state index in [-0.39, 0.29) is 6.04 Å². The largest absolute Gasteiger partial charge is 0.493 e. The fourth-order valence-electron chi connectivity index (χ4n) is 6.32. The van der Waals surface area contributed by atoms with Gasteiger partial charge in [0.1, 0.15) is 0 Å². The van der Waals surface area contributed by atoms with Gasteiger partial charge in [0, 0.05) is 32.2 Å². The molecule has 1 aromatic carbocycles. The highest BCUT2D eigenvalue weighted by atomic mass is 16.5. The van der Waals surface area contributed by atoms with Gasteiger partial charge >= 0.3 is 0 Å². The van der Waals surface area contributed by atoms with Gasteiger partial charge in [-0.2, -0.15) is 0 Å². The number of tetrazole rings is 1. The Morgan fingerprint density at radius 3 is 2.09 bits per heavy atom. The molecule has 1 aromatic heterocycles. The Labute approximate surface area is 203 Å². The average molecular weight is 469 g/mol. The first-order valence-electron chi connectivity index (χ1n) is 13.3. The minimum Gasteiger partial charge on any atom is -0.493 e. The predicted octanol–water partition coefficient (Wildman–Crippen LogP) is 4.24. The zero-order valence-corrected chi connectivity index (χ0v) is 20.9. The van der Waals surface area contributed by atoms with Gasteiger partial charge in [-0.15, -0.1) is 5.10 Å². The highest BCUT2D eigenvalue weighted by Gasteiger charge is 2.34. The van der Waals surface area contributed by atoms with Crippen LogP contribution in [0.2, 0.25) is 0 Å². The van der Waals surface area contributed by atoms with Gasteiger partial charge in [0.15, 0.2) is 17.3 Å².